The van der Waals surface area contributed by atoms with E-state index in [0.29, 0.717) is 19.4 Å². The van der Waals surface area contributed by atoms with Crippen molar-refractivity contribution in [1.82, 2.24) is 15.8 Å². The Morgan fingerprint density at radius 1 is 1.12 bits per heavy atom. The largest absolute Gasteiger partial charge is 0.444 e. The summed E-state index contributed by atoms with van der Waals surface area (Å²) < 4.78 is 5.22. The molecule has 0 bridgehead atoms. The summed E-state index contributed by atoms with van der Waals surface area (Å²) >= 11 is 0. The number of nitrogens with two attached hydrogens (primary N) is 1. The normalized spacial score (nSPS) is 12.5. The van der Waals surface area contributed by atoms with Gasteiger partial charge in [-0.15, -0.1) is 0 Å². The third kappa shape index (κ3) is 11.7. The molecule has 0 aromatic rings. The maximum atomic E-state index is 12.6. The van der Waals surface area contributed by atoms with Crippen LogP contribution in [0.4, 0.5) is 4.79 Å². The monoisotopic (exact) mass is 372 g/mol. The van der Waals surface area contributed by atoms with Crippen LogP contribution in [0.1, 0.15) is 66.7 Å². The van der Waals surface area contributed by atoms with Gasteiger partial charge in [0.1, 0.15) is 11.6 Å². The molecule has 26 heavy (non-hydrogen) atoms. The lowest BCUT2D eigenvalue weighted by Crippen LogP contribution is -2.54. The molecule has 0 saturated carbocycles. The maximum Gasteiger partial charge on any atom is 0.408 e. The molecule has 0 aliphatic heterocycles. The second kappa shape index (κ2) is 11.7. The molecule has 0 rings (SSSR count). The summed E-state index contributed by atoms with van der Waals surface area (Å²) in [6.07, 6.45) is 2.58. The minimum atomic E-state index is -0.771. The zero-order chi connectivity index (χ0) is 20.3. The summed E-state index contributed by atoms with van der Waals surface area (Å²) in [7, 11) is 1.48. The van der Waals surface area contributed by atoms with Crippen LogP contribution in [0.3, 0.4) is 0 Å². The maximum absolute atomic E-state index is 12.6. The van der Waals surface area contributed by atoms with E-state index in [1.807, 2.05) is 13.8 Å². The van der Waals surface area contributed by atoms with E-state index in [9.17, 15) is 14.4 Å². The predicted molar refractivity (Wildman–Crippen MR) is 101 cm³/mol. The highest BCUT2D eigenvalue weighted by Gasteiger charge is 2.28. The lowest BCUT2D eigenvalue weighted by Gasteiger charge is -2.27. The van der Waals surface area contributed by atoms with Crippen LogP contribution in [0, 0.1) is 5.92 Å². The number of carbonyl (C=O) groups excluding carboxylic acids is 3. The van der Waals surface area contributed by atoms with Gasteiger partial charge in [0.25, 0.3) is 5.91 Å². The van der Waals surface area contributed by atoms with Crippen LogP contribution < -0.4 is 16.5 Å². The number of likely N-dealkylation sites (N-methyl/N-ethyl adjacent to an activating group) is 1. The van der Waals surface area contributed by atoms with Gasteiger partial charge < -0.3 is 15.8 Å². The lowest BCUT2D eigenvalue weighted by molar-refractivity contribution is -0.141. The van der Waals surface area contributed by atoms with Crippen LogP contribution in [-0.4, -0.2) is 48.2 Å². The Bertz CT molecular complexity index is 461. The molecule has 0 fully saturated rings. The van der Waals surface area contributed by atoms with Crippen molar-refractivity contribution in [2.45, 2.75) is 78.4 Å². The van der Waals surface area contributed by atoms with E-state index >= 15 is 0 Å². The average molecular weight is 373 g/mol. The first kappa shape index (κ1) is 24.2. The topological polar surface area (TPSA) is 114 Å². The number of ether oxygens (including phenoxy) is 1. The number of alkyl carbamates (subject to hydrolysis) is 1. The summed E-state index contributed by atoms with van der Waals surface area (Å²) in [5, 5.41) is 3.74. The molecular weight excluding hydrogens is 336 g/mol. The van der Waals surface area contributed by atoms with Crippen LogP contribution >= 0.6 is 0 Å². The van der Waals surface area contributed by atoms with Gasteiger partial charge in [0.2, 0.25) is 5.91 Å². The van der Waals surface area contributed by atoms with Crippen molar-refractivity contribution in [3.8, 4) is 0 Å². The molecule has 0 aliphatic carbocycles. The molecule has 4 N–H and O–H groups in total. The quantitative estimate of drug-likeness (QED) is 0.423. The molecule has 0 spiro atoms. The van der Waals surface area contributed by atoms with Crippen LogP contribution in [0.2, 0.25) is 0 Å². The zero-order valence-corrected chi connectivity index (χ0v) is 17.1. The van der Waals surface area contributed by atoms with Crippen molar-refractivity contribution >= 4 is 17.9 Å². The standard InChI is InChI=1S/C18H36N4O4/c1-13(2)12-14(20-17(25)26-18(3,4)5)16(24)22(6)21-15(23)10-8-7-9-11-19/h13-14H,7-12,19H2,1-6H3,(H,20,25)(H,21,23)/t14-/m0/s1. The summed E-state index contributed by atoms with van der Waals surface area (Å²) in [5.41, 5.74) is 7.32. The average Bonchev–Trinajstić information content (AvgIpc) is 2.47. The molecule has 1 atom stereocenters. The number of nitrogens with one attached hydrogen (secondary N) is 2. The molecule has 3 amide bonds. The van der Waals surface area contributed by atoms with Crippen molar-refractivity contribution in [2.75, 3.05) is 13.6 Å². The Hall–Kier alpha value is -1.83. The molecule has 8 heteroatoms. The summed E-state index contributed by atoms with van der Waals surface area (Å²) in [4.78, 5) is 36.5. The molecule has 0 aromatic heterocycles. The molecule has 0 radical (unpaired) electrons. The minimum absolute atomic E-state index is 0.180. The van der Waals surface area contributed by atoms with E-state index in [4.69, 9.17) is 10.5 Å². The first-order valence-corrected chi connectivity index (χ1v) is 9.23. The SMILES string of the molecule is CC(C)C[C@H](NC(=O)OC(C)(C)C)C(=O)N(C)NC(=O)CCCCCN. The van der Waals surface area contributed by atoms with Crippen molar-refractivity contribution in [3.05, 3.63) is 0 Å². The number of carbonyl (C=O) groups is 3. The van der Waals surface area contributed by atoms with Crippen LogP contribution in [-0.2, 0) is 14.3 Å². The summed E-state index contributed by atoms with van der Waals surface area (Å²) in [5.74, 6) is -0.447. The predicted octanol–water partition coefficient (Wildman–Crippen LogP) is 1.93. The second-order valence-electron chi connectivity index (χ2n) is 7.86. The van der Waals surface area contributed by atoms with E-state index < -0.39 is 17.7 Å². The second-order valence-corrected chi connectivity index (χ2v) is 7.86. The van der Waals surface area contributed by atoms with E-state index in [-0.39, 0.29) is 17.7 Å². The fourth-order valence-electron chi connectivity index (χ4n) is 2.28. The van der Waals surface area contributed by atoms with E-state index in [1.54, 1.807) is 20.8 Å². The third-order valence-electron chi connectivity index (χ3n) is 3.43. The van der Waals surface area contributed by atoms with E-state index in [1.165, 1.54) is 7.05 Å². The van der Waals surface area contributed by atoms with Gasteiger partial charge >= 0.3 is 6.09 Å². The van der Waals surface area contributed by atoms with Crippen LogP contribution in [0.5, 0.6) is 0 Å². The van der Waals surface area contributed by atoms with Crippen molar-refractivity contribution in [1.29, 1.82) is 0 Å². The van der Waals surface area contributed by atoms with Gasteiger partial charge in [-0.25, -0.2) is 4.79 Å². The molecule has 152 valence electrons. The number of unbranched alkanes of at least 4 members (excludes halogenated alkanes) is 2. The fourth-order valence-corrected chi connectivity index (χ4v) is 2.28. The van der Waals surface area contributed by atoms with Gasteiger partial charge in [-0.1, -0.05) is 20.3 Å². The number of hydrogen-bond acceptors (Lipinski definition) is 5. The Morgan fingerprint density at radius 2 is 1.73 bits per heavy atom. The molecule has 0 aromatic carbocycles. The molecule has 0 heterocycles. The van der Waals surface area contributed by atoms with E-state index in [0.717, 1.165) is 24.3 Å². The number of amides is 3. The first-order valence-electron chi connectivity index (χ1n) is 9.23. The Balaban J connectivity index is 4.69. The van der Waals surface area contributed by atoms with Gasteiger partial charge in [0.05, 0.1) is 0 Å². The molecule has 8 nitrogen and oxygen atoms in total. The first-order chi connectivity index (χ1) is 12.0. The molecule has 0 aliphatic rings. The number of hydrazine groups is 1. The summed E-state index contributed by atoms with van der Waals surface area (Å²) in [6, 6.07) is -0.771. The number of hydrogen-bond donors (Lipinski definition) is 3. The van der Waals surface area contributed by atoms with E-state index in [2.05, 4.69) is 10.7 Å². The van der Waals surface area contributed by atoms with Gasteiger partial charge in [-0.05, 0) is 52.5 Å². The van der Waals surface area contributed by atoms with Crippen LogP contribution in [0.25, 0.3) is 0 Å². The van der Waals surface area contributed by atoms with Gasteiger partial charge in [0, 0.05) is 13.5 Å². The fraction of sp³-hybridized carbons (Fsp3) is 0.833. The Kier molecular flexibility index (Phi) is 10.9. The lowest BCUT2D eigenvalue weighted by atomic mass is 10.0. The summed E-state index contributed by atoms with van der Waals surface area (Å²) in [6.45, 7) is 9.77. The van der Waals surface area contributed by atoms with Crippen molar-refractivity contribution < 1.29 is 19.1 Å². The Morgan fingerprint density at radius 3 is 2.23 bits per heavy atom. The van der Waals surface area contributed by atoms with Gasteiger partial charge in [0.15, 0.2) is 0 Å². The smallest absolute Gasteiger partial charge is 0.408 e. The Labute approximate surface area is 157 Å². The highest BCUT2D eigenvalue weighted by Crippen LogP contribution is 2.10. The molecular formula is C18H36N4O4. The van der Waals surface area contributed by atoms with Gasteiger partial charge in [-0.2, -0.15) is 0 Å². The number of rotatable bonds is 9. The highest BCUT2D eigenvalue weighted by molar-refractivity contribution is 5.87. The van der Waals surface area contributed by atoms with Crippen molar-refractivity contribution in [3.63, 3.8) is 0 Å². The third-order valence-corrected chi connectivity index (χ3v) is 3.43. The van der Waals surface area contributed by atoms with Crippen molar-refractivity contribution in [2.24, 2.45) is 11.7 Å². The molecule has 0 unspecified atom stereocenters. The highest BCUT2D eigenvalue weighted by atomic mass is 16.6. The number of nitrogens with zero attached hydrogens (tertiary/aromatic N) is 1. The van der Waals surface area contributed by atoms with Gasteiger partial charge in [-0.3, -0.25) is 20.0 Å². The zero-order valence-electron chi connectivity index (χ0n) is 17.1. The van der Waals surface area contributed by atoms with Crippen LogP contribution in [0.15, 0.2) is 0 Å². The minimum Gasteiger partial charge on any atom is -0.444 e. The molecule has 0 saturated heterocycles.